The quantitative estimate of drug-likeness (QED) is 0.557. The van der Waals surface area contributed by atoms with Crippen LogP contribution < -0.4 is 0 Å². The maximum Gasteiger partial charge on any atom is 0.311 e. The molecule has 1 heterocycles. The molecular weight excluding hydrogens is 316 g/mol. The summed E-state index contributed by atoms with van der Waals surface area (Å²) in [6.45, 7) is 12.3. The zero-order valence-electron chi connectivity index (χ0n) is 16.3. The number of fused-ring (bicyclic) bond motifs is 2. The third-order valence-corrected chi connectivity index (χ3v) is 7.98. The summed E-state index contributed by atoms with van der Waals surface area (Å²) in [5.41, 5.74) is -1.77. The summed E-state index contributed by atoms with van der Waals surface area (Å²) >= 11 is 0. The highest BCUT2D eigenvalue weighted by Gasteiger charge is 2.70. The number of hydrogen-bond donors (Lipinski definition) is 0. The Balaban J connectivity index is 2.12. The largest absolute Gasteiger partial charge is 0.469 e. The number of hydrogen-bond acceptors (Lipinski definition) is 4. The van der Waals surface area contributed by atoms with Gasteiger partial charge in [0, 0.05) is 17.8 Å². The summed E-state index contributed by atoms with van der Waals surface area (Å²) in [6, 6.07) is 0. The summed E-state index contributed by atoms with van der Waals surface area (Å²) in [5, 5.41) is 0. The van der Waals surface area contributed by atoms with Gasteiger partial charge in [-0.25, -0.2) is 0 Å². The molecule has 0 aromatic heterocycles. The molecule has 3 rings (SSSR count). The molecule has 25 heavy (non-hydrogen) atoms. The van der Waals surface area contributed by atoms with Crippen LogP contribution in [0.4, 0.5) is 0 Å². The summed E-state index contributed by atoms with van der Waals surface area (Å²) in [5.74, 6) is -0.175. The van der Waals surface area contributed by atoms with Crippen LogP contribution in [0.2, 0.25) is 0 Å². The van der Waals surface area contributed by atoms with Gasteiger partial charge in [-0.2, -0.15) is 0 Å². The van der Waals surface area contributed by atoms with Gasteiger partial charge in [0.25, 0.3) is 0 Å². The van der Waals surface area contributed by atoms with Crippen molar-refractivity contribution in [1.29, 1.82) is 0 Å². The SMILES string of the molecule is C=CC1(C)CCC2(O1)C(C)C(=O)CC1C(C)(C(=O)OC)CCCC12C. The predicted octanol–water partition coefficient (Wildman–Crippen LogP) is 4.07. The minimum absolute atomic E-state index is 0.0444. The molecule has 6 unspecified atom stereocenters. The van der Waals surface area contributed by atoms with E-state index in [0.29, 0.717) is 6.42 Å². The lowest BCUT2D eigenvalue weighted by Gasteiger charge is -2.62. The van der Waals surface area contributed by atoms with Crippen LogP contribution in [0.25, 0.3) is 0 Å². The van der Waals surface area contributed by atoms with Crippen molar-refractivity contribution in [1.82, 2.24) is 0 Å². The first-order chi connectivity index (χ1) is 11.6. The maximum absolute atomic E-state index is 13.0. The Morgan fingerprint density at radius 3 is 2.48 bits per heavy atom. The van der Waals surface area contributed by atoms with Gasteiger partial charge in [0.1, 0.15) is 5.78 Å². The predicted molar refractivity (Wildman–Crippen MR) is 96.0 cm³/mol. The molecule has 1 saturated heterocycles. The summed E-state index contributed by atoms with van der Waals surface area (Å²) in [6.07, 6.45) is 6.73. The lowest BCUT2D eigenvalue weighted by Crippen LogP contribution is -2.66. The maximum atomic E-state index is 13.0. The second-order valence-electron chi connectivity index (χ2n) is 9.13. The van der Waals surface area contributed by atoms with Crippen molar-refractivity contribution in [2.24, 2.45) is 22.7 Å². The van der Waals surface area contributed by atoms with Crippen LogP contribution in [0.3, 0.4) is 0 Å². The first-order valence-electron chi connectivity index (χ1n) is 9.53. The van der Waals surface area contributed by atoms with E-state index in [1.54, 1.807) is 0 Å². The van der Waals surface area contributed by atoms with E-state index < -0.39 is 16.6 Å². The molecule has 1 aliphatic heterocycles. The lowest BCUT2D eigenvalue weighted by molar-refractivity contribution is -0.234. The molecule has 2 saturated carbocycles. The highest BCUT2D eigenvalue weighted by molar-refractivity contribution is 5.86. The Hall–Kier alpha value is -1.16. The monoisotopic (exact) mass is 348 g/mol. The van der Waals surface area contributed by atoms with E-state index in [1.807, 2.05) is 19.9 Å². The van der Waals surface area contributed by atoms with E-state index in [4.69, 9.17) is 9.47 Å². The number of Topliss-reactive ketones (excluding diaryl/α,β-unsaturated/α-hetero) is 1. The molecule has 6 atom stereocenters. The molecule has 4 nitrogen and oxygen atoms in total. The minimum atomic E-state index is -0.624. The fourth-order valence-corrected chi connectivity index (χ4v) is 6.24. The van der Waals surface area contributed by atoms with Crippen molar-refractivity contribution in [2.75, 3.05) is 7.11 Å². The van der Waals surface area contributed by atoms with Crippen molar-refractivity contribution in [3.05, 3.63) is 12.7 Å². The topological polar surface area (TPSA) is 52.6 Å². The van der Waals surface area contributed by atoms with Crippen LogP contribution in [-0.2, 0) is 19.1 Å². The molecule has 0 bridgehead atoms. The number of carbonyl (C=O) groups excluding carboxylic acids is 2. The van der Waals surface area contributed by atoms with Gasteiger partial charge in [-0.15, -0.1) is 6.58 Å². The fourth-order valence-electron chi connectivity index (χ4n) is 6.24. The minimum Gasteiger partial charge on any atom is -0.469 e. The zero-order chi connectivity index (χ0) is 18.7. The van der Waals surface area contributed by atoms with Gasteiger partial charge in [0.2, 0.25) is 0 Å². The Labute approximate surface area is 151 Å². The molecule has 0 amide bonds. The number of carbonyl (C=O) groups is 2. The van der Waals surface area contributed by atoms with Crippen LogP contribution in [0.1, 0.15) is 66.2 Å². The van der Waals surface area contributed by atoms with E-state index >= 15 is 0 Å². The van der Waals surface area contributed by atoms with Gasteiger partial charge in [-0.3, -0.25) is 9.59 Å². The first-order valence-corrected chi connectivity index (χ1v) is 9.53. The molecule has 140 valence electrons. The van der Waals surface area contributed by atoms with Crippen molar-refractivity contribution < 1.29 is 19.1 Å². The van der Waals surface area contributed by atoms with Gasteiger partial charge in [0.05, 0.1) is 23.7 Å². The summed E-state index contributed by atoms with van der Waals surface area (Å²) < 4.78 is 11.9. The van der Waals surface area contributed by atoms with Crippen LogP contribution in [0.5, 0.6) is 0 Å². The smallest absolute Gasteiger partial charge is 0.311 e. The van der Waals surface area contributed by atoms with E-state index in [0.717, 1.165) is 32.1 Å². The van der Waals surface area contributed by atoms with Crippen molar-refractivity contribution in [2.45, 2.75) is 77.4 Å². The number of rotatable bonds is 2. The van der Waals surface area contributed by atoms with E-state index in [9.17, 15) is 9.59 Å². The molecule has 0 N–H and O–H groups in total. The molecule has 3 aliphatic rings. The molecule has 1 spiro atoms. The van der Waals surface area contributed by atoms with E-state index in [2.05, 4.69) is 20.4 Å². The molecule has 3 fully saturated rings. The molecule has 0 radical (unpaired) electrons. The third kappa shape index (κ3) is 2.29. The summed E-state index contributed by atoms with van der Waals surface area (Å²) in [4.78, 5) is 25.7. The Morgan fingerprint density at radius 1 is 1.24 bits per heavy atom. The number of ether oxygens (including phenoxy) is 2. The lowest BCUT2D eigenvalue weighted by atomic mass is 9.44. The van der Waals surface area contributed by atoms with Gasteiger partial charge in [-0.1, -0.05) is 26.3 Å². The Morgan fingerprint density at radius 2 is 1.92 bits per heavy atom. The first kappa shape index (κ1) is 18.6. The molecule has 0 aromatic rings. The third-order valence-electron chi connectivity index (χ3n) is 7.98. The van der Waals surface area contributed by atoms with Crippen LogP contribution in [0, 0.1) is 22.7 Å². The summed E-state index contributed by atoms with van der Waals surface area (Å²) in [7, 11) is 1.45. The van der Waals surface area contributed by atoms with Gasteiger partial charge < -0.3 is 9.47 Å². The second kappa shape index (κ2) is 5.67. The molecule has 2 aliphatic carbocycles. The number of ketones is 1. The molecule has 0 aromatic carbocycles. The van der Waals surface area contributed by atoms with Crippen molar-refractivity contribution in [3.8, 4) is 0 Å². The van der Waals surface area contributed by atoms with E-state index in [-0.39, 0.29) is 29.0 Å². The Kier molecular flexibility index (Phi) is 4.22. The van der Waals surface area contributed by atoms with Crippen molar-refractivity contribution >= 4 is 11.8 Å². The molecule has 4 heteroatoms. The fraction of sp³-hybridized carbons (Fsp3) is 0.810. The van der Waals surface area contributed by atoms with Crippen LogP contribution in [-0.4, -0.2) is 30.1 Å². The highest BCUT2D eigenvalue weighted by Crippen LogP contribution is 2.67. The zero-order valence-corrected chi connectivity index (χ0v) is 16.3. The second-order valence-corrected chi connectivity index (χ2v) is 9.13. The standard InChI is InChI=1S/C21H32O4/c1-7-18(3)11-12-21(25-18)14(2)15(22)13-16-19(4,17(23)24-6)9-8-10-20(16,21)5/h7,14,16H,1,8-13H2,2-6H3. The average Bonchev–Trinajstić information content (AvgIpc) is 2.95. The number of esters is 1. The van der Waals surface area contributed by atoms with Gasteiger partial charge >= 0.3 is 5.97 Å². The van der Waals surface area contributed by atoms with Gasteiger partial charge in [-0.05, 0) is 45.4 Å². The van der Waals surface area contributed by atoms with Crippen LogP contribution in [0.15, 0.2) is 12.7 Å². The highest BCUT2D eigenvalue weighted by atomic mass is 16.5. The van der Waals surface area contributed by atoms with Crippen molar-refractivity contribution in [3.63, 3.8) is 0 Å². The number of methoxy groups -OCH3 is 1. The van der Waals surface area contributed by atoms with Gasteiger partial charge in [0.15, 0.2) is 0 Å². The molecular formula is C21H32O4. The van der Waals surface area contributed by atoms with E-state index in [1.165, 1.54) is 7.11 Å². The normalized spacial score (nSPS) is 49.7. The van der Waals surface area contributed by atoms with Crippen LogP contribution >= 0.6 is 0 Å². The average molecular weight is 348 g/mol. The Bertz CT molecular complexity index is 613.